The van der Waals surface area contributed by atoms with Crippen LogP contribution >= 0.6 is 11.6 Å². The van der Waals surface area contributed by atoms with Crippen LogP contribution in [-0.2, 0) is 0 Å². The topological polar surface area (TPSA) is 12.0 Å². The zero-order chi connectivity index (χ0) is 10.7. The van der Waals surface area contributed by atoms with E-state index in [-0.39, 0.29) is 0 Å². The first-order valence-electron chi connectivity index (χ1n) is 4.84. The number of benzene rings is 2. The summed E-state index contributed by atoms with van der Waals surface area (Å²) in [7, 11) is 0. The number of rotatable bonds is 2. The van der Waals surface area contributed by atoms with Crippen molar-refractivity contribution >= 4 is 23.0 Å². The Morgan fingerprint density at radius 2 is 1.73 bits per heavy atom. The van der Waals surface area contributed by atoms with Gasteiger partial charge < -0.3 is 5.32 Å². The summed E-state index contributed by atoms with van der Waals surface area (Å²) in [5.74, 6) is 0. The molecular weight excluding hydrogens is 206 g/mol. The third-order valence-electron chi connectivity index (χ3n) is 2.24. The molecule has 0 fully saturated rings. The molecule has 2 aromatic rings. The molecule has 2 rings (SSSR count). The van der Waals surface area contributed by atoms with Crippen LogP contribution in [0.3, 0.4) is 0 Å². The van der Waals surface area contributed by atoms with Gasteiger partial charge in [-0.2, -0.15) is 0 Å². The SMILES string of the molecule is Cc1cc(Cl)ccc1Nc1ccccc1. The van der Waals surface area contributed by atoms with Gasteiger partial charge in [0, 0.05) is 16.4 Å². The fourth-order valence-electron chi connectivity index (χ4n) is 1.44. The fourth-order valence-corrected chi connectivity index (χ4v) is 1.67. The van der Waals surface area contributed by atoms with Crippen LogP contribution in [0.4, 0.5) is 11.4 Å². The maximum Gasteiger partial charge on any atom is 0.0414 e. The van der Waals surface area contributed by atoms with Gasteiger partial charge in [-0.05, 0) is 42.8 Å². The molecule has 0 aliphatic rings. The highest BCUT2D eigenvalue weighted by Gasteiger charge is 1.98. The van der Waals surface area contributed by atoms with Crippen molar-refractivity contribution < 1.29 is 0 Å². The average Bonchev–Trinajstić information content (AvgIpc) is 2.24. The Balaban J connectivity index is 2.25. The van der Waals surface area contributed by atoms with Crippen LogP contribution in [0, 0.1) is 6.92 Å². The minimum Gasteiger partial charge on any atom is -0.355 e. The number of hydrogen-bond donors (Lipinski definition) is 1. The Morgan fingerprint density at radius 1 is 1.00 bits per heavy atom. The van der Waals surface area contributed by atoms with E-state index in [9.17, 15) is 0 Å². The second-order valence-corrected chi connectivity index (χ2v) is 3.89. The van der Waals surface area contributed by atoms with Crippen LogP contribution in [0.15, 0.2) is 48.5 Å². The van der Waals surface area contributed by atoms with Gasteiger partial charge in [0.2, 0.25) is 0 Å². The van der Waals surface area contributed by atoms with Crippen LogP contribution in [0.2, 0.25) is 5.02 Å². The summed E-state index contributed by atoms with van der Waals surface area (Å²) in [6, 6.07) is 15.9. The zero-order valence-corrected chi connectivity index (χ0v) is 9.25. The van der Waals surface area contributed by atoms with Crippen LogP contribution in [0.1, 0.15) is 5.56 Å². The molecule has 2 heteroatoms. The van der Waals surface area contributed by atoms with E-state index < -0.39 is 0 Å². The summed E-state index contributed by atoms with van der Waals surface area (Å²) in [4.78, 5) is 0. The highest BCUT2D eigenvalue weighted by atomic mass is 35.5. The molecule has 0 saturated carbocycles. The van der Waals surface area contributed by atoms with Crippen molar-refractivity contribution in [3.63, 3.8) is 0 Å². The van der Waals surface area contributed by atoms with Gasteiger partial charge in [0.05, 0.1) is 0 Å². The lowest BCUT2D eigenvalue weighted by Crippen LogP contribution is -1.92. The summed E-state index contributed by atoms with van der Waals surface area (Å²) >= 11 is 5.89. The number of hydrogen-bond acceptors (Lipinski definition) is 1. The second kappa shape index (κ2) is 4.37. The monoisotopic (exact) mass is 217 g/mol. The molecule has 0 bridgehead atoms. The maximum absolute atomic E-state index is 5.89. The van der Waals surface area contributed by atoms with Crippen LogP contribution in [0.25, 0.3) is 0 Å². The number of anilines is 2. The number of nitrogens with one attached hydrogen (secondary N) is 1. The Morgan fingerprint density at radius 3 is 2.40 bits per heavy atom. The summed E-state index contributed by atoms with van der Waals surface area (Å²) in [6.07, 6.45) is 0. The first kappa shape index (κ1) is 10.1. The van der Waals surface area contributed by atoms with Gasteiger partial charge >= 0.3 is 0 Å². The van der Waals surface area contributed by atoms with Crippen molar-refractivity contribution in [2.75, 3.05) is 5.32 Å². The molecule has 0 amide bonds. The highest BCUT2D eigenvalue weighted by molar-refractivity contribution is 6.30. The number of halogens is 1. The molecule has 0 saturated heterocycles. The summed E-state index contributed by atoms with van der Waals surface area (Å²) in [5, 5.41) is 4.11. The molecule has 0 spiro atoms. The highest BCUT2D eigenvalue weighted by Crippen LogP contribution is 2.23. The minimum atomic E-state index is 0.770. The van der Waals surface area contributed by atoms with Crippen molar-refractivity contribution in [1.29, 1.82) is 0 Å². The molecule has 1 nitrogen and oxygen atoms in total. The molecule has 0 heterocycles. The van der Waals surface area contributed by atoms with Crippen LogP contribution < -0.4 is 5.32 Å². The average molecular weight is 218 g/mol. The fraction of sp³-hybridized carbons (Fsp3) is 0.0769. The van der Waals surface area contributed by atoms with Gasteiger partial charge in [0.25, 0.3) is 0 Å². The van der Waals surface area contributed by atoms with E-state index in [1.807, 2.05) is 55.5 Å². The van der Waals surface area contributed by atoms with E-state index in [1.165, 1.54) is 0 Å². The Bertz CT molecular complexity index is 451. The first-order valence-corrected chi connectivity index (χ1v) is 5.22. The molecule has 15 heavy (non-hydrogen) atoms. The first-order chi connectivity index (χ1) is 7.25. The molecule has 2 aromatic carbocycles. The van der Waals surface area contributed by atoms with E-state index in [4.69, 9.17) is 11.6 Å². The predicted molar refractivity (Wildman–Crippen MR) is 65.9 cm³/mol. The van der Waals surface area contributed by atoms with Crippen molar-refractivity contribution in [3.05, 3.63) is 59.1 Å². The summed E-state index contributed by atoms with van der Waals surface area (Å²) in [5.41, 5.74) is 3.32. The third kappa shape index (κ3) is 2.51. The Kier molecular flexibility index (Phi) is 2.93. The van der Waals surface area contributed by atoms with Crippen molar-refractivity contribution in [3.8, 4) is 0 Å². The van der Waals surface area contributed by atoms with Gasteiger partial charge in [-0.3, -0.25) is 0 Å². The quantitative estimate of drug-likeness (QED) is 0.787. The van der Waals surface area contributed by atoms with E-state index in [0.29, 0.717) is 0 Å². The third-order valence-corrected chi connectivity index (χ3v) is 2.48. The van der Waals surface area contributed by atoms with Gasteiger partial charge in [-0.15, -0.1) is 0 Å². The van der Waals surface area contributed by atoms with E-state index >= 15 is 0 Å². The van der Waals surface area contributed by atoms with Crippen molar-refractivity contribution in [2.24, 2.45) is 0 Å². The van der Waals surface area contributed by atoms with Gasteiger partial charge in [-0.25, -0.2) is 0 Å². The molecule has 0 atom stereocenters. The van der Waals surface area contributed by atoms with E-state index in [0.717, 1.165) is 22.0 Å². The summed E-state index contributed by atoms with van der Waals surface area (Å²) in [6.45, 7) is 2.04. The van der Waals surface area contributed by atoms with Gasteiger partial charge in [0.1, 0.15) is 0 Å². The Labute approximate surface area is 94.7 Å². The normalized spacial score (nSPS) is 10.0. The van der Waals surface area contributed by atoms with Crippen molar-refractivity contribution in [2.45, 2.75) is 6.92 Å². The lowest BCUT2D eigenvalue weighted by Gasteiger charge is -2.09. The molecule has 0 radical (unpaired) electrons. The van der Waals surface area contributed by atoms with Crippen molar-refractivity contribution in [1.82, 2.24) is 0 Å². The molecule has 0 aliphatic carbocycles. The van der Waals surface area contributed by atoms with Gasteiger partial charge in [0.15, 0.2) is 0 Å². The molecular formula is C13H12ClN. The van der Waals surface area contributed by atoms with E-state index in [1.54, 1.807) is 0 Å². The molecule has 0 aliphatic heterocycles. The van der Waals surface area contributed by atoms with Gasteiger partial charge in [-0.1, -0.05) is 29.8 Å². The largest absolute Gasteiger partial charge is 0.355 e. The van der Waals surface area contributed by atoms with Crippen LogP contribution in [-0.4, -0.2) is 0 Å². The standard InChI is InChI=1S/C13H12ClN/c1-10-9-11(14)7-8-13(10)15-12-5-3-2-4-6-12/h2-9,15H,1H3. The Hall–Kier alpha value is -1.47. The van der Waals surface area contributed by atoms with Crippen LogP contribution in [0.5, 0.6) is 0 Å². The lowest BCUT2D eigenvalue weighted by molar-refractivity contribution is 1.43. The minimum absolute atomic E-state index is 0.770. The molecule has 76 valence electrons. The van der Waals surface area contributed by atoms with E-state index in [2.05, 4.69) is 5.32 Å². The second-order valence-electron chi connectivity index (χ2n) is 3.45. The molecule has 0 unspecified atom stereocenters. The smallest absolute Gasteiger partial charge is 0.0414 e. The molecule has 0 aromatic heterocycles. The number of aryl methyl sites for hydroxylation is 1. The lowest BCUT2D eigenvalue weighted by atomic mass is 10.2. The zero-order valence-electron chi connectivity index (χ0n) is 8.50. The summed E-state index contributed by atoms with van der Waals surface area (Å²) < 4.78 is 0. The maximum atomic E-state index is 5.89. The molecule has 1 N–H and O–H groups in total. The predicted octanol–water partition coefficient (Wildman–Crippen LogP) is 4.39. The number of para-hydroxylation sites is 1.